The van der Waals surface area contributed by atoms with Crippen LogP contribution in [0.4, 0.5) is 0 Å². The molecule has 0 unspecified atom stereocenters. The highest BCUT2D eigenvalue weighted by atomic mass is 16.5. The largest absolute Gasteiger partial charge is 0.497 e. The Morgan fingerprint density at radius 3 is 2.58 bits per heavy atom. The van der Waals surface area contributed by atoms with Crippen LogP contribution in [-0.2, 0) is 11.2 Å². The fourth-order valence-corrected chi connectivity index (χ4v) is 2.00. The Morgan fingerprint density at radius 2 is 1.92 bits per heavy atom. The molecule has 8 nitrogen and oxygen atoms in total. The van der Waals surface area contributed by atoms with Crippen LogP contribution in [0.1, 0.15) is 16.2 Å². The van der Waals surface area contributed by atoms with Crippen molar-refractivity contribution < 1.29 is 23.5 Å². The van der Waals surface area contributed by atoms with E-state index >= 15 is 0 Å². The summed E-state index contributed by atoms with van der Waals surface area (Å²) in [5.41, 5.74) is 0.458. The van der Waals surface area contributed by atoms with Crippen molar-refractivity contribution in [3.05, 3.63) is 54.5 Å². The quantitative estimate of drug-likeness (QED) is 0.523. The number of H-pyrrole nitrogens is 1. The molecule has 0 saturated heterocycles. The Morgan fingerprint density at radius 1 is 1.17 bits per heavy atom. The first-order chi connectivity index (χ1) is 11.7. The summed E-state index contributed by atoms with van der Waals surface area (Å²) >= 11 is 0. The molecule has 3 rings (SSSR count). The topological polar surface area (TPSA) is 107 Å². The molecule has 0 saturated carbocycles. The van der Waals surface area contributed by atoms with Crippen molar-refractivity contribution in [3.63, 3.8) is 0 Å². The van der Waals surface area contributed by atoms with Crippen LogP contribution < -0.4 is 9.47 Å². The average molecular weight is 327 g/mol. The molecular formula is C16H13N3O5. The minimum atomic E-state index is -0.771. The molecule has 0 aliphatic carbocycles. The molecule has 0 spiro atoms. The third kappa shape index (κ3) is 3.32. The van der Waals surface area contributed by atoms with Crippen LogP contribution in [0.2, 0.25) is 0 Å². The first kappa shape index (κ1) is 15.5. The number of rotatable bonds is 7. The Labute approximate surface area is 136 Å². The lowest BCUT2D eigenvalue weighted by Crippen LogP contribution is -2.18. The number of nitrogens with zero attached hydrogens (tertiary/aromatic N) is 2. The standard InChI is InChI=1S/C16H13N3O5/c1-22-11-2-4-12(5-3-11)24-14-8-23-7-10(14)6-13(20)15(21)16-17-9-18-19-16/h2-5,7-9H,6H2,1H3,(H,17,18,19). The van der Waals surface area contributed by atoms with Gasteiger partial charge in [0.05, 0.1) is 13.4 Å². The van der Waals surface area contributed by atoms with Crippen molar-refractivity contribution in [2.45, 2.75) is 6.42 Å². The maximum atomic E-state index is 12.0. The zero-order valence-corrected chi connectivity index (χ0v) is 12.7. The normalized spacial score (nSPS) is 10.4. The molecule has 8 heteroatoms. The minimum Gasteiger partial charge on any atom is -0.497 e. The Bertz CT molecular complexity index is 837. The SMILES string of the molecule is COc1ccc(Oc2cocc2CC(=O)C(=O)c2nc[nH]n2)cc1. The molecule has 1 aromatic carbocycles. The molecule has 0 aliphatic heterocycles. The summed E-state index contributed by atoms with van der Waals surface area (Å²) in [5, 5.41) is 5.99. The smallest absolute Gasteiger partial charge is 0.267 e. The van der Waals surface area contributed by atoms with E-state index in [1.54, 1.807) is 31.4 Å². The maximum Gasteiger partial charge on any atom is 0.267 e. The second-order valence-corrected chi connectivity index (χ2v) is 4.79. The molecule has 24 heavy (non-hydrogen) atoms. The molecule has 0 fully saturated rings. The van der Waals surface area contributed by atoms with Crippen LogP contribution in [0.25, 0.3) is 0 Å². The number of ketones is 2. The summed E-state index contributed by atoms with van der Waals surface area (Å²) in [6.45, 7) is 0. The van der Waals surface area contributed by atoms with Crippen molar-refractivity contribution in [1.82, 2.24) is 15.2 Å². The summed E-state index contributed by atoms with van der Waals surface area (Å²) in [5.74, 6) is 0.00841. The summed E-state index contributed by atoms with van der Waals surface area (Å²) in [6.07, 6.45) is 3.79. The van der Waals surface area contributed by atoms with Crippen molar-refractivity contribution in [1.29, 1.82) is 0 Å². The molecule has 0 bridgehead atoms. The highest BCUT2D eigenvalue weighted by Crippen LogP contribution is 2.28. The van der Waals surface area contributed by atoms with Gasteiger partial charge in [0.2, 0.25) is 11.6 Å². The second-order valence-electron chi connectivity index (χ2n) is 4.79. The molecule has 2 heterocycles. The Balaban J connectivity index is 1.70. The number of hydrogen-bond acceptors (Lipinski definition) is 7. The fourth-order valence-electron chi connectivity index (χ4n) is 2.00. The van der Waals surface area contributed by atoms with Gasteiger partial charge in [-0.15, -0.1) is 5.10 Å². The number of carbonyl (C=O) groups excluding carboxylic acids is 2. The van der Waals surface area contributed by atoms with E-state index < -0.39 is 11.6 Å². The van der Waals surface area contributed by atoms with Crippen LogP contribution >= 0.6 is 0 Å². The summed E-state index contributed by atoms with van der Waals surface area (Å²) in [4.78, 5) is 27.6. The van der Waals surface area contributed by atoms with E-state index in [4.69, 9.17) is 13.9 Å². The zero-order chi connectivity index (χ0) is 16.9. The van der Waals surface area contributed by atoms with Gasteiger partial charge in [0.1, 0.15) is 24.1 Å². The monoisotopic (exact) mass is 327 g/mol. The molecule has 1 N–H and O–H groups in total. The third-order valence-corrected chi connectivity index (χ3v) is 3.21. The second kappa shape index (κ2) is 6.78. The van der Waals surface area contributed by atoms with Crippen LogP contribution in [0.5, 0.6) is 17.2 Å². The molecule has 0 aliphatic rings. The Hall–Kier alpha value is -3.42. The number of Topliss-reactive ketones (excluding diaryl/α,β-unsaturated/α-hetero) is 2. The van der Waals surface area contributed by atoms with Crippen LogP contribution in [0.15, 0.2) is 47.5 Å². The average Bonchev–Trinajstić information content (AvgIpc) is 3.27. The molecule has 0 amide bonds. The lowest BCUT2D eigenvalue weighted by atomic mass is 10.1. The summed E-state index contributed by atoms with van der Waals surface area (Å²) in [6, 6.07) is 6.92. The van der Waals surface area contributed by atoms with Gasteiger partial charge in [-0.3, -0.25) is 14.7 Å². The van der Waals surface area contributed by atoms with Gasteiger partial charge in [-0.25, -0.2) is 4.98 Å². The number of methoxy groups -OCH3 is 1. The number of aromatic amines is 1. The van der Waals surface area contributed by atoms with Gasteiger partial charge in [-0.2, -0.15) is 0 Å². The van der Waals surface area contributed by atoms with Gasteiger partial charge in [0.25, 0.3) is 5.78 Å². The molecule has 122 valence electrons. The molecule has 0 atom stereocenters. The third-order valence-electron chi connectivity index (χ3n) is 3.21. The van der Waals surface area contributed by atoms with Crippen molar-refractivity contribution in [3.8, 4) is 17.2 Å². The number of benzene rings is 1. The number of aromatic nitrogens is 3. The predicted molar refractivity (Wildman–Crippen MR) is 81.2 cm³/mol. The van der Waals surface area contributed by atoms with Crippen molar-refractivity contribution in [2.75, 3.05) is 7.11 Å². The van der Waals surface area contributed by atoms with E-state index in [0.29, 0.717) is 22.8 Å². The van der Waals surface area contributed by atoms with Crippen LogP contribution in [0.3, 0.4) is 0 Å². The van der Waals surface area contributed by atoms with E-state index in [0.717, 1.165) is 0 Å². The number of nitrogens with one attached hydrogen (secondary N) is 1. The van der Waals surface area contributed by atoms with E-state index in [1.807, 2.05) is 0 Å². The highest BCUT2D eigenvalue weighted by molar-refractivity contribution is 6.43. The number of furan rings is 1. The van der Waals surface area contributed by atoms with E-state index in [9.17, 15) is 9.59 Å². The van der Waals surface area contributed by atoms with Gasteiger partial charge in [-0.05, 0) is 24.3 Å². The molecular weight excluding hydrogens is 314 g/mol. The lowest BCUT2D eigenvalue weighted by molar-refractivity contribution is -0.114. The molecule has 2 aromatic heterocycles. The predicted octanol–water partition coefficient (Wildman–Crippen LogP) is 2.19. The number of ether oxygens (including phenoxy) is 2. The number of carbonyl (C=O) groups is 2. The summed E-state index contributed by atoms with van der Waals surface area (Å²) in [7, 11) is 1.57. The first-order valence-corrected chi connectivity index (χ1v) is 6.97. The number of hydrogen-bond donors (Lipinski definition) is 1. The summed E-state index contributed by atoms with van der Waals surface area (Å²) < 4.78 is 15.8. The van der Waals surface area contributed by atoms with Crippen LogP contribution in [-0.4, -0.2) is 33.9 Å². The van der Waals surface area contributed by atoms with Crippen molar-refractivity contribution in [2.24, 2.45) is 0 Å². The van der Waals surface area contributed by atoms with E-state index in [-0.39, 0.29) is 12.2 Å². The zero-order valence-electron chi connectivity index (χ0n) is 12.7. The Kier molecular flexibility index (Phi) is 4.37. The van der Waals surface area contributed by atoms with Gasteiger partial charge in [0, 0.05) is 12.0 Å². The fraction of sp³-hybridized carbons (Fsp3) is 0.125. The van der Waals surface area contributed by atoms with Crippen molar-refractivity contribution >= 4 is 11.6 Å². The van der Waals surface area contributed by atoms with Crippen LogP contribution in [0, 0.1) is 0 Å². The molecule has 3 aromatic rings. The van der Waals surface area contributed by atoms with Gasteiger partial charge in [-0.1, -0.05) is 0 Å². The first-order valence-electron chi connectivity index (χ1n) is 6.97. The molecule has 0 radical (unpaired) electrons. The van der Waals surface area contributed by atoms with Gasteiger partial charge in [0.15, 0.2) is 5.75 Å². The van der Waals surface area contributed by atoms with E-state index in [1.165, 1.54) is 18.9 Å². The van der Waals surface area contributed by atoms with Gasteiger partial charge < -0.3 is 13.9 Å². The maximum absolute atomic E-state index is 12.0. The lowest BCUT2D eigenvalue weighted by Gasteiger charge is -2.06. The van der Waals surface area contributed by atoms with E-state index in [2.05, 4.69) is 15.2 Å². The highest BCUT2D eigenvalue weighted by Gasteiger charge is 2.22. The minimum absolute atomic E-state index is 0.166. The van der Waals surface area contributed by atoms with Gasteiger partial charge >= 0.3 is 0 Å².